The van der Waals surface area contributed by atoms with E-state index < -0.39 is 17.9 Å². The molecule has 3 aromatic rings. The van der Waals surface area contributed by atoms with E-state index in [1.54, 1.807) is 41.8 Å². The Balaban J connectivity index is 1.54. The van der Waals surface area contributed by atoms with Crippen molar-refractivity contribution in [1.82, 2.24) is 10.3 Å². The lowest BCUT2D eigenvalue weighted by molar-refractivity contribution is -0.146. The topological polar surface area (TPSA) is 68.3 Å². The van der Waals surface area contributed by atoms with E-state index in [1.807, 2.05) is 0 Å². The van der Waals surface area contributed by atoms with E-state index in [1.165, 1.54) is 30.4 Å². The minimum absolute atomic E-state index is 0.0250. The van der Waals surface area contributed by atoms with Gasteiger partial charge in [-0.1, -0.05) is 23.7 Å². The minimum atomic E-state index is -0.848. The third-order valence-corrected chi connectivity index (χ3v) is 5.09. The van der Waals surface area contributed by atoms with Gasteiger partial charge in [-0.15, -0.1) is 11.3 Å². The zero-order chi connectivity index (χ0) is 20.1. The second-order valence-corrected chi connectivity index (χ2v) is 7.20. The number of nitrogens with zero attached hydrogens (tertiary/aromatic N) is 1. The molecule has 0 fully saturated rings. The van der Waals surface area contributed by atoms with Gasteiger partial charge in [-0.05, 0) is 43.3 Å². The number of rotatable bonds is 6. The third-order valence-electron chi connectivity index (χ3n) is 3.82. The molecule has 0 aliphatic rings. The number of amides is 1. The largest absolute Gasteiger partial charge is 0.458 e. The normalized spacial score (nSPS) is 11.7. The number of aromatic nitrogens is 1. The van der Waals surface area contributed by atoms with Crippen LogP contribution in [-0.4, -0.2) is 22.9 Å². The van der Waals surface area contributed by atoms with Crippen molar-refractivity contribution in [1.29, 1.82) is 0 Å². The Hall–Kier alpha value is -2.77. The second-order valence-electron chi connectivity index (χ2n) is 5.93. The van der Waals surface area contributed by atoms with Crippen LogP contribution in [0.25, 0.3) is 10.6 Å². The fraction of sp³-hybridized carbons (Fsp3) is 0.150. The van der Waals surface area contributed by atoms with Gasteiger partial charge in [0.2, 0.25) is 0 Å². The van der Waals surface area contributed by atoms with E-state index in [4.69, 9.17) is 16.3 Å². The van der Waals surface area contributed by atoms with Crippen molar-refractivity contribution in [2.45, 2.75) is 19.6 Å². The lowest BCUT2D eigenvalue weighted by atomic mass is 10.2. The summed E-state index contributed by atoms with van der Waals surface area (Å²) in [5.74, 6) is -1.36. The first-order valence-corrected chi connectivity index (χ1v) is 9.62. The molecule has 3 rings (SSSR count). The number of ether oxygens (including phenoxy) is 1. The van der Waals surface area contributed by atoms with E-state index in [0.29, 0.717) is 15.7 Å². The Morgan fingerprint density at radius 1 is 1.21 bits per heavy atom. The van der Waals surface area contributed by atoms with Gasteiger partial charge in [0.15, 0.2) is 0 Å². The predicted molar refractivity (Wildman–Crippen MR) is 106 cm³/mol. The van der Waals surface area contributed by atoms with Crippen molar-refractivity contribution in [2.75, 3.05) is 0 Å². The molecule has 0 spiro atoms. The molecule has 1 amide bonds. The number of hydrogen-bond donors (Lipinski definition) is 1. The quantitative estimate of drug-likeness (QED) is 0.600. The van der Waals surface area contributed by atoms with Crippen molar-refractivity contribution < 1.29 is 18.7 Å². The van der Waals surface area contributed by atoms with Crippen LogP contribution >= 0.6 is 22.9 Å². The molecule has 8 heteroatoms. The van der Waals surface area contributed by atoms with Gasteiger partial charge in [-0.2, -0.15) is 0 Å². The summed E-state index contributed by atoms with van der Waals surface area (Å²) in [6.07, 6.45) is 0. The molecule has 5 nitrogen and oxygen atoms in total. The third kappa shape index (κ3) is 4.94. The molecule has 0 saturated carbocycles. The summed E-state index contributed by atoms with van der Waals surface area (Å²) in [5, 5.41) is 5.32. The van der Waals surface area contributed by atoms with Crippen molar-refractivity contribution >= 4 is 34.8 Å². The van der Waals surface area contributed by atoms with Gasteiger partial charge < -0.3 is 10.1 Å². The Morgan fingerprint density at radius 2 is 1.93 bits per heavy atom. The number of nitrogens with one attached hydrogen (secondary N) is 1. The van der Waals surface area contributed by atoms with E-state index in [0.717, 1.165) is 5.56 Å². The lowest BCUT2D eigenvalue weighted by Crippen LogP contribution is -2.39. The van der Waals surface area contributed by atoms with Crippen LogP contribution in [0.1, 0.15) is 23.0 Å². The van der Waals surface area contributed by atoms with Crippen LogP contribution in [0.5, 0.6) is 0 Å². The van der Waals surface area contributed by atoms with E-state index in [-0.39, 0.29) is 18.0 Å². The standard InChI is InChI=1S/C20H16ClFN2O3S/c1-12(23-18(25)16-4-2-3-5-17(16)21)20(26)27-10-15-11-28-19(24-15)13-6-8-14(22)9-7-13/h2-9,11-12H,10H2,1H3,(H,23,25). The highest BCUT2D eigenvalue weighted by molar-refractivity contribution is 7.13. The zero-order valence-electron chi connectivity index (χ0n) is 14.8. The summed E-state index contributed by atoms with van der Waals surface area (Å²) in [4.78, 5) is 28.7. The van der Waals surface area contributed by atoms with Gasteiger partial charge in [0.25, 0.3) is 5.91 Å². The van der Waals surface area contributed by atoms with E-state index >= 15 is 0 Å². The van der Waals surface area contributed by atoms with E-state index in [2.05, 4.69) is 10.3 Å². The monoisotopic (exact) mass is 418 g/mol. The molecule has 144 valence electrons. The summed E-state index contributed by atoms with van der Waals surface area (Å²) < 4.78 is 18.2. The van der Waals surface area contributed by atoms with Gasteiger partial charge >= 0.3 is 5.97 Å². The lowest BCUT2D eigenvalue weighted by Gasteiger charge is -2.13. The summed E-state index contributed by atoms with van der Waals surface area (Å²) in [6.45, 7) is 1.50. The van der Waals surface area contributed by atoms with Gasteiger partial charge in [-0.25, -0.2) is 14.2 Å². The molecule has 0 bridgehead atoms. The Bertz CT molecular complexity index is 991. The molecule has 0 aliphatic carbocycles. The number of carbonyl (C=O) groups excluding carboxylic acids is 2. The first kappa shape index (κ1) is 20.0. The molecule has 1 heterocycles. The van der Waals surface area contributed by atoms with Crippen molar-refractivity contribution in [3.63, 3.8) is 0 Å². The highest BCUT2D eigenvalue weighted by atomic mass is 35.5. The first-order chi connectivity index (χ1) is 13.4. The number of thiazole rings is 1. The summed E-state index contributed by atoms with van der Waals surface area (Å²) in [7, 11) is 0. The molecular formula is C20H16ClFN2O3S. The molecule has 28 heavy (non-hydrogen) atoms. The highest BCUT2D eigenvalue weighted by Gasteiger charge is 2.19. The number of esters is 1. The van der Waals surface area contributed by atoms with Crippen LogP contribution in [-0.2, 0) is 16.1 Å². The summed E-state index contributed by atoms with van der Waals surface area (Å²) >= 11 is 7.35. The first-order valence-electron chi connectivity index (χ1n) is 8.36. The van der Waals surface area contributed by atoms with Crippen LogP contribution < -0.4 is 5.32 Å². The van der Waals surface area contributed by atoms with Crippen LogP contribution in [0.3, 0.4) is 0 Å². The Kier molecular flexibility index (Phi) is 6.38. The van der Waals surface area contributed by atoms with Crippen LogP contribution in [0, 0.1) is 5.82 Å². The van der Waals surface area contributed by atoms with Gasteiger partial charge in [0.05, 0.1) is 16.3 Å². The van der Waals surface area contributed by atoms with E-state index in [9.17, 15) is 14.0 Å². The molecule has 1 aromatic heterocycles. The maximum Gasteiger partial charge on any atom is 0.328 e. The van der Waals surface area contributed by atoms with Gasteiger partial charge in [-0.3, -0.25) is 4.79 Å². The molecule has 0 saturated heterocycles. The van der Waals surface area contributed by atoms with Crippen LogP contribution in [0.4, 0.5) is 4.39 Å². The molecule has 1 N–H and O–H groups in total. The SMILES string of the molecule is CC(NC(=O)c1ccccc1Cl)C(=O)OCc1csc(-c2ccc(F)cc2)n1. The number of benzene rings is 2. The highest BCUT2D eigenvalue weighted by Crippen LogP contribution is 2.24. The molecule has 1 unspecified atom stereocenters. The molecule has 0 aliphatic heterocycles. The van der Waals surface area contributed by atoms with Crippen LogP contribution in [0.2, 0.25) is 5.02 Å². The second kappa shape index (κ2) is 8.95. The average molecular weight is 419 g/mol. The maximum absolute atomic E-state index is 13.0. The predicted octanol–water partition coefficient (Wildman–Crippen LogP) is 4.46. The molecule has 0 radical (unpaired) electrons. The summed E-state index contributed by atoms with van der Waals surface area (Å²) in [5.41, 5.74) is 1.64. The number of halogens is 2. The maximum atomic E-state index is 13.0. The van der Waals surface area contributed by atoms with Crippen molar-refractivity contribution in [3.8, 4) is 10.6 Å². The average Bonchev–Trinajstić information content (AvgIpc) is 3.16. The van der Waals surface area contributed by atoms with Crippen LogP contribution in [0.15, 0.2) is 53.9 Å². The zero-order valence-corrected chi connectivity index (χ0v) is 16.4. The Morgan fingerprint density at radius 3 is 2.64 bits per heavy atom. The van der Waals surface area contributed by atoms with Crippen molar-refractivity contribution in [3.05, 3.63) is 76.0 Å². The Labute approximate surface area is 170 Å². The minimum Gasteiger partial charge on any atom is -0.458 e. The fourth-order valence-corrected chi connectivity index (χ4v) is 3.38. The molecule has 1 atom stereocenters. The fourth-order valence-electron chi connectivity index (χ4n) is 2.35. The van der Waals surface area contributed by atoms with Gasteiger partial charge in [0.1, 0.15) is 23.5 Å². The number of hydrogen-bond acceptors (Lipinski definition) is 5. The van der Waals surface area contributed by atoms with Crippen molar-refractivity contribution in [2.24, 2.45) is 0 Å². The molecular weight excluding hydrogens is 403 g/mol. The number of carbonyl (C=O) groups is 2. The van der Waals surface area contributed by atoms with Gasteiger partial charge in [0, 0.05) is 10.9 Å². The molecule has 2 aromatic carbocycles. The summed E-state index contributed by atoms with van der Waals surface area (Å²) in [6, 6.07) is 11.7. The smallest absolute Gasteiger partial charge is 0.328 e.